The molecular formula is C17H23ClN2O5S. The first kappa shape index (κ1) is 20.7. The number of amides is 1. The molecule has 2 rings (SSSR count). The monoisotopic (exact) mass is 402 g/mol. The fourth-order valence-electron chi connectivity index (χ4n) is 2.36. The van der Waals surface area contributed by atoms with Crippen LogP contribution in [0.3, 0.4) is 0 Å². The molecule has 1 aliphatic rings. The van der Waals surface area contributed by atoms with Gasteiger partial charge in [0.05, 0.1) is 15.5 Å². The van der Waals surface area contributed by atoms with E-state index in [1.165, 1.54) is 29.4 Å². The number of sulfonamides is 1. The molecule has 1 atom stereocenters. The normalized spacial score (nSPS) is 15.6. The van der Waals surface area contributed by atoms with Gasteiger partial charge in [0.1, 0.15) is 0 Å². The Labute approximate surface area is 158 Å². The van der Waals surface area contributed by atoms with Crippen molar-refractivity contribution in [1.29, 1.82) is 0 Å². The van der Waals surface area contributed by atoms with Crippen LogP contribution in [0, 0.1) is 0 Å². The van der Waals surface area contributed by atoms with Crippen LogP contribution in [0.5, 0.6) is 0 Å². The molecule has 144 valence electrons. The molecule has 0 aliphatic heterocycles. The standard InChI is InChI=1S/C17H23ClN2O5S/c1-4-20(5-2)26(23,24)13-8-9-15(18)14(10-13)17(22)25-11(3)16(21)19-12-6-7-12/h8-12H,4-7H2,1-3H3,(H,19,21)/t11-/m1/s1. The molecule has 1 aromatic rings. The van der Waals surface area contributed by atoms with Gasteiger partial charge in [-0.2, -0.15) is 4.31 Å². The van der Waals surface area contributed by atoms with Gasteiger partial charge in [-0.05, 0) is 38.0 Å². The van der Waals surface area contributed by atoms with Gasteiger partial charge in [-0.25, -0.2) is 13.2 Å². The summed E-state index contributed by atoms with van der Waals surface area (Å²) in [7, 11) is -3.74. The summed E-state index contributed by atoms with van der Waals surface area (Å²) in [5.74, 6) is -1.23. The van der Waals surface area contributed by atoms with E-state index in [9.17, 15) is 18.0 Å². The number of hydrogen-bond acceptors (Lipinski definition) is 5. The van der Waals surface area contributed by atoms with Gasteiger partial charge in [-0.15, -0.1) is 0 Å². The van der Waals surface area contributed by atoms with Crippen molar-refractivity contribution in [2.45, 2.75) is 50.7 Å². The molecule has 9 heteroatoms. The van der Waals surface area contributed by atoms with Gasteiger partial charge in [-0.1, -0.05) is 25.4 Å². The predicted octanol–water partition coefficient (Wildman–Crippen LogP) is 2.19. The van der Waals surface area contributed by atoms with Gasteiger partial charge >= 0.3 is 5.97 Å². The third-order valence-electron chi connectivity index (χ3n) is 4.08. The van der Waals surface area contributed by atoms with Gasteiger partial charge in [0, 0.05) is 19.1 Å². The van der Waals surface area contributed by atoms with E-state index in [-0.39, 0.29) is 27.4 Å². The van der Waals surface area contributed by atoms with Gasteiger partial charge in [-0.3, -0.25) is 4.79 Å². The van der Waals surface area contributed by atoms with Crippen molar-refractivity contribution < 1.29 is 22.7 Å². The van der Waals surface area contributed by atoms with Crippen LogP contribution in [0.15, 0.2) is 23.1 Å². The van der Waals surface area contributed by atoms with E-state index in [1.54, 1.807) is 13.8 Å². The van der Waals surface area contributed by atoms with Crippen molar-refractivity contribution in [2.24, 2.45) is 0 Å². The van der Waals surface area contributed by atoms with Crippen molar-refractivity contribution in [3.8, 4) is 0 Å². The van der Waals surface area contributed by atoms with Crippen LogP contribution in [-0.2, 0) is 19.6 Å². The molecule has 0 unspecified atom stereocenters. The average molecular weight is 403 g/mol. The quantitative estimate of drug-likeness (QED) is 0.673. The molecule has 1 aromatic carbocycles. The molecule has 7 nitrogen and oxygen atoms in total. The highest BCUT2D eigenvalue weighted by Crippen LogP contribution is 2.24. The first-order valence-corrected chi connectivity index (χ1v) is 10.3. The molecule has 0 heterocycles. The van der Waals surface area contributed by atoms with E-state index >= 15 is 0 Å². The summed E-state index contributed by atoms with van der Waals surface area (Å²) in [5.41, 5.74) is -0.0917. The number of esters is 1. The van der Waals surface area contributed by atoms with Crippen LogP contribution >= 0.6 is 11.6 Å². The number of halogens is 1. The third kappa shape index (κ3) is 4.75. The number of hydrogen-bond donors (Lipinski definition) is 1. The summed E-state index contributed by atoms with van der Waals surface area (Å²) in [6, 6.07) is 4.01. The van der Waals surface area contributed by atoms with Crippen molar-refractivity contribution in [3.63, 3.8) is 0 Å². The number of rotatable bonds is 8. The second-order valence-electron chi connectivity index (χ2n) is 6.06. The molecule has 0 radical (unpaired) electrons. The number of carbonyl (C=O) groups is 2. The van der Waals surface area contributed by atoms with Crippen LogP contribution < -0.4 is 5.32 Å². The van der Waals surface area contributed by atoms with Crippen molar-refractivity contribution in [2.75, 3.05) is 13.1 Å². The van der Waals surface area contributed by atoms with Gasteiger partial charge < -0.3 is 10.1 Å². The molecule has 0 aromatic heterocycles. The molecule has 1 amide bonds. The number of nitrogens with zero attached hydrogens (tertiary/aromatic N) is 1. The van der Waals surface area contributed by atoms with Crippen molar-refractivity contribution in [3.05, 3.63) is 28.8 Å². The highest BCUT2D eigenvalue weighted by molar-refractivity contribution is 7.89. The SMILES string of the molecule is CCN(CC)S(=O)(=O)c1ccc(Cl)c(C(=O)O[C@H](C)C(=O)NC2CC2)c1. The van der Waals surface area contributed by atoms with Crippen LogP contribution in [0.1, 0.15) is 44.0 Å². The molecule has 1 saturated carbocycles. The van der Waals surface area contributed by atoms with Crippen molar-refractivity contribution in [1.82, 2.24) is 9.62 Å². The maximum absolute atomic E-state index is 12.6. The lowest BCUT2D eigenvalue weighted by Gasteiger charge is -2.19. The molecule has 1 N–H and O–H groups in total. The minimum atomic E-state index is -3.74. The van der Waals surface area contributed by atoms with E-state index in [0.717, 1.165) is 12.8 Å². The molecule has 1 fully saturated rings. The summed E-state index contributed by atoms with van der Waals surface area (Å²) in [4.78, 5) is 24.2. The van der Waals surface area contributed by atoms with Crippen LogP contribution in [-0.4, -0.2) is 49.8 Å². The Balaban J connectivity index is 2.20. The van der Waals surface area contributed by atoms with Crippen molar-refractivity contribution >= 4 is 33.5 Å². The second-order valence-corrected chi connectivity index (χ2v) is 8.41. The summed E-state index contributed by atoms with van der Waals surface area (Å²) in [6.45, 7) is 5.53. The maximum Gasteiger partial charge on any atom is 0.340 e. The Kier molecular flexibility index (Phi) is 6.65. The predicted molar refractivity (Wildman–Crippen MR) is 97.6 cm³/mol. The Morgan fingerprint density at radius 3 is 2.46 bits per heavy atom. The summed E-state index contributed by atoms with van der Waals surface area (Å²) < 4.78 is 31.6. The minimum absolute atomic E-state index is 0.0485. The fraction of sp³-hybridized carbons (Fsp3) is 0.529. The largest absolute Gasteiger partial charge is 0.449 e. The Bertz CT molecular complexity index is 788. The third-order valence-corrected chi connectivity index (χ3v) is 6.45. The van der Waals surface area contributed by atoms with E-state index in [0.29, 0.717) is 13.1 Å². The smallest absolute Gasteiger partial charge is 0.340 e. The zero-order valence-electron chi connectivity index (χ0n) is 15.0. The van der Waals surface area contributed by atoms with Crippen LogP contribution in [0.25, 0.3) is 0 Å². The second kappa shape index (κ2) is 8.37. The van der Waals surface area contributed by atoms with Crippen LogP contribution in [0.4, 0.5) is 0 Å². The Morgan fingerprint density at radius 2 is 1.92 bits per heavy atom. The summed E-state index contributed by atoms with van der Waals surface area (Å²) in [6.07, 6.45) is 0.842. The molecule has 0 saturated heterocycles. The first-order chi connectivity index (χ1) is 12.2. The highest BCUT2D eigenvalue weighted by atomic mass is 35.5. The molecule has 0 bridgehead atoms. The molecule has 26 heavy (non-hydrogen) atoms. The number of carbonyl (C=O) groups excluding carboxylic acids is 2. The minimum Gasteiger partial charge on any atom is -0.449 e. The van der Waals surface area contributed by atoms with Gasteiger partial charge in [0.2, 0.25) is 10.0 Å². The topological polar surface area (TPSA) is 92.8 Å². The summed E-state index contributed by atoms with van der Waals surface area (Å²) >= 11 is 6.04. The summed E-state index contributed by atoms with van der Waals surface area (Å²) in [5, 5.41) is 2.80. The zero-order valence-corrected chi connectivity index (χ0v) is 16.6. The highest BCUT2D eigenvalue weighted by Gasteiger charge is 2.29. The molecule has 0 spiro atoms. The van der Waals surface area contributed by atoms with Gasteiger partial charge in [0.25, 0.3) is 5.91 Å². The van der Waals surface area contributed by atoms with E-state index in [2.05, 4.69) is 5.32 Å². The molecule has 1 aliphatic carbocycles. The van der Waals surface area contributed by atoms with Gasteiger partial charge in [0.15, 0.2) is 6.10 Å². The number of ether oxygens (including phenoxy) is 1. The number of nitrogens with one attached hydrogen (secondary N) is 1. The fourth-order valence-corrected chi connectivity index (χ4v) is 4.04. The first-order valence-electron chi connectivity index (χ1n) is 8.51. The van der Waals surface area contributed by atoms with E-state index in [1.807, 2.05) is 0 Å². The average Bonchev–Trinajstić information content (AvgIpc) is 3.39. The number of benzene rings is 1. The van der Waals surface area contributed by atoms with E-state index < -0.39 is 22.1 Å². The lowest BCUT2D eigenvalue weighted by molar-refractivity contribution is -0.129. The Hall–Kier alpha value is -1.64. The Morgan fingerprint density at radius 1 is 1.31 bits per heavy atom. The lowest BCUT2D eigenvalue weighted by atomic mass is 10.2. The lowest BCUT2D eigenvalue weighted by Crippen LogP contribution is -2.37. The van der Waals surface area contributed by atoms with E-state index in [4.69, 9.17) is 16.3 Å². The zero-order chi connectivity index (χ0) is 19.5. The van der Waals surface area contributed by atoms with Crippen LogP contribution in [0.2, 0.25) is 5.02 Å². The molecular weight excluding hydrogens is 380 g/mol. The maximum atomic E-state index is 12.6.